The SMILES string of the molecule is CCn1nc(C)c(Cl)c1CCC(=O)COC. The molecule has 0 fully saturated rings. The van der Waals surface area contributed by atoms with E-state index in [2.05, 4.69) is 5.10 Å². The van der Waals surface area contributed by atoms with E-state index in [1.807, 2.05) is 18.5 Å². The van der Waals surface area contributed by atoms with Crippen LogP contribution in [0.3, 0.4) is 0 Å². The summed E-state index contributed by atoms with van der Waals surface area (Å²) in [4.78, 5) is 11.3. The van der Waals surface area contributed by atoms with Crippen molar-refractivity contribution < 1.29 is 9.53 Å². The third-order valence-electron chi connectivity index (χ3n) is 2.40. The number of carbonyl (C=O) groups excluding carboxylic acids is 1. The zero-order valence-corrected chi connectivity index (χ0v) is 10.7. The number of carbonyl (C=O) groups is 1. The Labute approximate surface area is 101 Å². The topological polar surface area (TPSA) is 44.1 Å². The van der Waals surface area contributed by atoms with Crippen molar-refractivity contribution in [3.05, 3.63) is 16.4 Å². The molecule has 0 aliphatic carbocycles. The lowest BCUT2D eigenvalue weighted by atomic mass is 10.1. The smallest absolute Gasteiger partial charge is 0.158 e. The van der Waals surface area contributed by atoms with Crippen molar-refractivity contribution in [2.24, 2.45) is 0 Å². The number of aryl methyl sites for hydroxylation is 2. The van der Waals surface area contributed by atoms with Crippen LogP contribution in [0.1, 0.15) is 24.7 Å². The van der Waals surface area contributed by atoms with E-state index in [1.54, 1.807) is 0 Å². The Hall–Kier alpha value is -0.870. The van der Waals surface area contributed by atoms with Crippen molar-refractivity contribution in [2.45, 2.75) is 33.2 Å². The standard InChI is InChI=1S/C11H17ClN2O2/c1-4-14-10(11(12)8(2)13-14)6-5-9(15)7-16-3/h4-7H2,1-3H3. The van der Waals surface area contributed by atoms with Crippen molar-refractivity contribution in [1.82, 2.24) is 9.78 Å². The fraction of sp³-hybridized carbons (Fsp3) is 0.636. The highest BCUT2D eigenvalue weighted by molar-refractivity contribution is 6.31. The fourth-order valence-corrected chi connectivity index (χ4v) is 1.83. The van der Waals surface area contributed by atoms with Gasteiger partial charge in [-0.2, -0.15) is 5.10 Å². The van der Waals surface area contributed by atoms with Gasteiger partial charge in [-0.1, -0.05) is 11.6 Å². The minimum atomic E-state index is 0.0834. The fourth-order valence-electron chi connectivity index (χ4n) is 1.60. The second kappa shape index (κ2) is 6.01. The molecule has 0 spiro atoms. The summed E-state index contributed by atoms with van der Waals surface area (Å²) in [5.74, 6) is 0.0834. The molecule has 0 amide bonds. The van der Waals surface area contributed by atoms with E-state index in [0.717, 1.165) is 17.9 Å². The Balaban J connectivity index is 2.69. The molecule has 0 atom stereocenters. The number of hydrogen-bond acceptors (Lipinski definition) is 3. The van der Waals surface area contributed by atoms with E-state index in [0.29, 0.717) is 17.9 Å². The van der Waals surface area contributed by atoms with E-state index in [1.165, 1.54) is 7.11 Å². The molecule has 0 aromatic carbocycles. The predicted molar refractivity (Wildman–Crippen MR) is 62.9 cm³/mol. The van der Waals surface area contributed by atoms with Gasteiger partial charge in [-0.05, 0) is 20.3 Å². The third kappa shape index (κ3) is 3.06. The molecule has 0 aliphatic rings. The largest absolute Gasteiger partial charge is 0.377 e. The number of nitrogens with zero attached hydrogens (tertiary/aromatic N) is 2. The highest BCUT2D eigenvalue weighted by Crippen LogP contribution is 2.21. The Bertz CT molecular complexity index is 374. The number of halogens is 1. The van der Waals surface area contributed by atoms with Gasteiger partial charge < -0.3 is 4.74 Å². The van der Waals surface area contributed by atoms with Gasteiger partial charge in [0, 0.05) is 20.1 Å². The number of ether oxygens (including phenoxy) is 1. The molecule has 0 saturated heterocycles. The van der Waals surface area contributed by atoms with Crippen LogP contribution in [0.4, 0.5) is 0 Å². The van der Waals surface area contributed by atoms with Gasteiger partial charge in [0.1, 0.15) is 6.61 Å². The number of Topliss-reactive ketones (excluding diaryl/α,β-unsaturated/α-hetero) is 1. The molecule has 1 rings (SSSR count). The minimum Gasteiger partial charge on any atom is -0.377 e. The van der Waals surface area contributed by atoms with Crippen LogP contribution in [0, 0.1) is 6.92 Å². The van der Waals surface area contributed by atoms with E-state index < -0.39 is 0 Å². The maximum Gasteiger partial charge on any atom is 0.158 e. The summed E-state index contributed by atoms with van der Waals surface area (Å²) >= 11 is 6.13. The number of rotatable bonds is 6. The molecule has 4 nitrogen and oxygen atoms in total. The number of aromatic nitrogens is 2. The van der Waals surface area contributed by atoms with Gasteiger partial charge >= 0.3 is 0 Å². The molecule has 1 heterocycles. The van der Waals surface area contributed by atoms with E-state index in [4.69, 9.17) is 16.3 Å². The summed E-state index contributed by atoms with van der Waals surface area (Å²) in [6.45, 7) is 4.80. The first kappa shape index (κ1) is 13.2. The van der Waals surface area contributed by atoms with Crippen LogP contribution in [0.2, 0.25) is 5.02 Å². The first-order chi connectivity index (χ1) is 7.60. The zero-order chi connectivity index (χ0) is 12.1. The van der Waals surface area contributed by atoms with Crippen LogP contribution < -0.4 is 0 Å². The molecule has 0 N–H and O–H groups in total. The first-order valence-corrected chi connectivity index (χ1v) is 5.70. The van der Waals surface area contributed by atoms with E-state index in [-0.39, 0.29) is 12.4 Å². The molecule has 0 radical (unpaired) electrons. The summed E-state index contributed by atoms with van der Waals surface area (Å²) in [5, 5.41) is 4.97. The lowest BCUT2D eigenvalue weighted by molar-refractivity contribution is -0.122. The summed E-state index contributed by atoms with van der Waals surface area (Å²) < 4.78 is 6.62. The Morgan fingerprint density at radius 1 is 1.56 bits per heavy atom. The third-order valence-corrected chi connectivity index (χ3v) is 2.89. The molecule has 90 valence electrons. The van der Waals surface area contributed by atoms with Crippen LogP contribution in [0.15, 0.2) is 0 Å². The monoisotopic (exact) mass is 244 g/mol. The number of methoxy groups -OCH3 is 1. The average Bonchev–Trinajstić information content (AvgIpc) is 2.53. The van der Waals surface area contributed by atoms with E-state index >= 15 is 0 Å². The number of ketones is 1. The van der Waals surface area contributed by atoms with Crippen molar-refractivity contribution in [1.29, 1.82) is 0 Å². The average molecular weight is 245 g/mol. The van der Waals surface area contributed by atoms with Gasteiger partial charge in [-0.15, -0.1) is 0 Å². The molecule has 0 saturated carbocycles. The van der Waals surface area contributed by atoms with Crippen molar-refractivity contribution in [3.63, 3.8) is 0 Å². The van der Waals surface area contributed by atoms with Crippen molar-refractivity contribution in [3.8, 4) is 0 Å². The van der Waals surface area contributed by atoms with Crippen LogP contribution >= 0.6 is 11.6 Å². The van der Waals surface area contributed by atoms with E-state index in [9.17, 15) is 4.79 Å². The van der Waals surface area contributed by atoms with Gasteiger partial charge in [0.25, 0.3) is 0 Å². The molecule has 0 bridgehead atoms. The molecule has 1 aromatic heterocycles. The lowest BCUT2D eigenvalue weighted by Crippen LogP contribution is -2.10. The van der Waals surface area contributed by atoms with Crippen LogP contribution in [0.25, 0.3) is 0 Å². The van der Waals surface area contributed by atoms with Gasteiger partial charge in [-0.25, -0.2) is 0 Å². The minimum absolute atomic E-state index is 0.0834. The second-order valence-electron chi connectivity index (χ2n) is 3.63. The van der Waals surface area contributed by atoms with Crippen LogP contribution in [0.5, 0.6) is 0 Å². The number of hydrogen-bond donors (Lipinski definition) is 0. The summed E-state index contributed by atoms with van der Waals surface area (Å²) in [6.07, 6.45) is 1.06. The Kier molecular flexibility index (Phi) is 4.96. The molecule has 5 heteroatoms. The summed E-state index contributed by atoms with van der Waals surface area (Å²) in [7, 11) is 1.52. The van der Waals surface area contributed by atoms with Crippen molar-refractivity contribution in [2.75, 3.05) is 13.7 Å². The molecule has 0 aliphatic heterocycles. The normalized spacial score (nSPS) is 10.8. The Morgan fingerprint density at radius 2 is 2.25 bits per heavy atom. The highest BCUT2D eigenvalue weighted by atomic mass is 35.5. The molecular formula is C11H17ClN2O2. The first-order valence-electron chi connectivity index (χ1n) is 5.32. The second-order valence-corrected chi connectivity index (χ2v) is 4.01. The predicted octanol–water partition coefficient (Wildman–Crippen LogP) is 2.01. The van der Waals surface area contributed by atoms with Crippen molar-refractivity contribution >= 4 is 17.4 Å². The molecule has 1 aromatic rings. The maximum atomic E-state index is 11.3. The van der Waals surface area contributed by atoms with Gasteiger partial charge in [0.15, 0.2) is 5.78 Å². The Morgan fingerprint density at radius 3 is 2.81 bits per heavy atom. The summed E-state index contributed by atoms with van der Waals surface area (Å²) in [6, 6.07) is 0. The molecule has 16 heavy (non-hydrogen) atoms. The van der Waals surface area contributed by atoms with Gasteiger partial charge in [-0.3, -0.25) is 9.48 Å². The maximum absolute atomic E-state index is 11.3. The quantitative estimate of drug-likeness (QED) is 0.769. The highest BCUT2D eigenvalue weighted by Gasteiger charge is 2.13. The zero-order valence-electron chi connectivity index (χ0n) is 9.92. The summed E-state index contributed by atoms with van der Waals surface area (Å²) in [5.41, 5.74) is 1.75. The van der Waals surface area contributed by atoms with Crippen LogP contribution in [-0.4, -0.2) is 29.3 Å². The van der Waals surface area contributed by atoms with Gasteiger partial charge in [0.2, 0.25) is 0 Å². The van der Waals surface area contributed by atoms with Gasteiger partial charge in [0.05, 0.1) is 16.4 Å². The molecular weight excluding hydrogens is 228 g/mol. The lowest BCUT2D eigenvalue weighted by Gasteiger charge is -2.04. The van der Waals surface area contributed by atoms with Crippen LogP contribution in [-0.2, 0) is 22.5 Å². The molecule has 0 unspecified atom stereocenters.